The first-order valence-electron chi connectivity index (χ1n) is 7.31. The van der Waals surface area contributed by atoms with Gasteiger partial charge in [0.1, 0.15) is 11.5 Å². The van der Waals surface area contributed by atoms with E-state index in [0.717, 1.165) is 49.6 Å². The zero-order valence-corrected chi connectivity index (χ0v) is 12.6. The lowest BCUT2D eigenvalue weighted by molar-refractivity contribution is 0.0872. The summed E-state index contributed by atoms with van der Waals surface area (Å²) in [4.78, 5) is 0. The normalized spacial score (nSPS) is 21.9. The van der Waals surface area contributed by atoms with Crippen molar-refractivity contribution in [3.05, 3.63) is 23.8 Å². The van der Waals surface area contributed by atoms with Crippen LogP contribution in [0.5, 0.6) is 11.5 Å². The third kappa shape index (κ3) is 3.64. The second-order valence-corrected chi connectivity index (χ2v) is 5.17. The minimum absolute atomic E-state index is 0.412. The Morgan fingerprint density at radius 3 is 2.85 bits per heavy atom. The van der Waals surface area contributed by atoms with Crippen LogP contribution in [-0.2, 0) is 11.3 Å². The lowest BCUT2D eigenvalue weighted by Crippen LogP contribution is -2.28. The van der Waals surface area contributed by atoms with Gasteiger partial charge in [0.15, 0.2) is 0 Å². The largest absolute Gasteiger partial charge is 0.497 e. The predicted molar refractivity (Wildman–Crippen MR) is 79.4 cm³/mol. The van der Waals surface area contributed by atoms with Crippen molar-refractivity contribution < 1.29 is 14.2 Å². The third-order valence-corrected chi connectivity index (χ3v) is 3.96. The van der Waals surface area contributed by atoms with Crippen LogP contribution in [0.1, 0.15) is 25.3 Å². The van der Waals surface area contributed by atoms with E-state index in [9.17, 15) is 0 Å². The predicted octanol–water partition coefficient (Wildman–Crippen LogP) is 2.61. The monoisotopic (exact) mass is 279 g/mol. The SMILES string of the molecule is CCC1OCCC1CNCc1cc(OC)ccc1OC. The number of nitrogens with one attached hydrogen (secondary N) is 1. The highest BCUT2D eigenvalue weighted by Crippen LogP contribution is 2.25. The Kier molecular flexibility index (Phi) is 5.68. The van der Waals surface area contributed by atoms with Crippen molar-refractivity contribution in [3.8, 4) is 11.5 Å². The van der Waals surface area contributed by atoms with E-state index >= 15 is 0 Å². The van der Waals surface area contributed by atoms with Crippen LogP contribution in [-0.4, -0.2) is 33.5 Å². The average Bonchev–Trinajstić information content (AvgIpc) is 2.94. The van der Waals surface area contributed by atoms with E-state index in [4.69, 9.17) is 14.2 Å². The van der Waals surface area contributed by atoms with E-state index < -0.39 is 0 Å². The minimum Gasteiger partial charge on any atom is -0.497 e. The molecule has 2 atom stereocenters. The van der Waals surface area contributed by atoms with Crippen LogP contribution in [0.3, 0.4) is 0 Å². The Labute approximate surface area is 121 Å². The molecule has 2 unspecified atom stereocenters. The van der Waals surface area contributed by atoms with Crippen molar-refractivity contribution in [2.45, 2.75) is 32.4 Å². The summed E-state index contributed by atoms with van der Waals surface area (Å²) < 4.78 is 16.4. The lowest BCUT2D eigenvalue weighted by atomic mass is 9.99. The fourth-order valence-corrected chi connectivity index (χ4v) is 2.79. The summed E-state index contributed by atoms with van der Waals surface area (Å²) in [6.45, 7) is 4.85. The Balaban J connectivity index is 1.89. The molecule has 20 heavy (non-hydrogen) atoms. The van der Waals surface area contributed by atoms with Gasteiger partial charge in [-0.25, -0.2) is 0 Å². The Bertz CT molecular complexity index is 422. The number of ether oxygens (including phenoxy) is 3. The van der Waals surface area contributed by atoms with E-state index in [1.54, 1.807) is 14.2 Å². The molecule has 4 heteroatoms. The van der Waals surface area contributed by atoms with E-state index in [2.05, 4.69) is 12.2 Å². The van der Waals surface area contributed by atoms with Gasteiger partial charge in [0.25, 0.3) is 0 Å². The van der Waals surface area contributed by atoms with Gasteiger partial charge in [-0.05, 0) is 37.0 Å². The molecule has 1 heterocycles. The molecule has 1 aliphatic rings. The second kappa shape index (κ2) is 7.50. The van der Waals surface area contributed by atoms with Gasteiger partial charge in [0, 0.05) is 25.3 Å². The molecule has 112 valence electrons. The summed E-state index contributed by atoms with van der Waals surface area (Å²) in [6.07, 6.45) is 2.66. The first-order valence-corrected chi connectivity index (χ1v) is 7.31. The van der Waals surface area contributed by atoms with Gasteiger partial charge in [0.05, 0.1) is 20.3 Å². The minimum atomic E-state index is 0.412. The molecule has 0 spiro atoms. The van der Waals surface area contributed by atoms with Crippen molar-refractivity contribution in [3.63, 3.8) is 0 Å². The molecule has 1 fully saturated rings. The molecule has 1 aromatic carbocycles. The van der Waals surface area contributed by atoms with E-state index in [0.29, 0.717) is 12.0 Å². The zero-order valence-electron chi connectivity index (χ0n) is 12.6. The lowest BCUT2D eigenvalue weighted by Gasteiger charge is -2.18. The zero-order chi connectivity index (χ0) is 14.4. The summed E-state index contributed by atoms with van der Waals surface area (Å²) in [5.41, 5.74) is 1.12. The van der Waals surface area contributed by atoms with Crippen molar-refractivity contribution in [1.82, 2.24) is 5.32 Å². The average molecular weight is 279 g/mol. The smallest absolute Gasteiger partial charge is 0.123 e. The Morgan fingerprint density at radius 2 is 2.15 bits per heavy atom. The van der Waals surface area contributed by atoms with Crippen molar-refractivity contribution in [1.29, 1.82) is 0 Å². The van der Waals surface area contributed by atoms with Gasteiger partial charge in [-0.15, -0.1) is 0 Å². The number of benzene rings is 1. The van der Waals surface area contributed by atoms with E-state index in [-0.39, 0.29) is 0 Å². The molecular weight excluding hydrogens is 254 g/mol. The molecule has 0 radical (unpaired) electrons. The van der Waals surface area contributed by atoms with Crippen LogP contribution in [0, 0.1) is 5.92 Å². The number of rotatable bonds is 7. The first kappa shape index (κ1) is 15.1. The molecule has 0 amide bonds. The summed E-state index contributed by atoms with van der Waals surface area (Å²) in [5.74, 6) is 2.38. The van der Waals surface area contributed by atoms with Crippen LogP contribution in [0.25, 0.3) is 0 Å². The summed E-state index contributed by atoms with van der Waals surface area (Å²) in [5, 5.41) is 3.52. The third-order valence-electron chi connectivity index (χ3n) is 3.96. The maximum atomic E-state index is 5.71. The summed E-state index contributed by atoms with van der Waals surface area (Å²) >= 11 is 0. The topological polar surface area (TPSA) is 39.7 Å². The van der Waals surface area contributed by atoms with E-state index in [1.807, 2.05) is 18.2 Å². The summed E-state index contributed by atoms with van der Waals surface area (Å²) in [6, 6.07) is 5.89. The fourth-order valence-electron chi connectivity index (χ4n) is 2.79. The van der Waals surface area contributed by atoms with Crippen LogP contribution in [0.15, 0.2) is 18.2 Å². The van der Waals surface area contributed by atoms with E-state index in [1.165, 1.54) is 0 Å². The van der Waals surface area contributed by atoms with Gasteiger partial charge < -0.3 is 19.5 Å². The quantitative estimate of drug-likeness (QED) is 0.833. The van der Waals surface area contributed by atoms with Crippen LogP contribution < -0.4 is 14.8 Å². The summed E-state index contributed by atoms with van der Waals surface area (Å²) in [7, 11) is 3.38. The molecule has 1 aromatic rings. The molecule has 0 aromatic heterocycles. The Morgan fingerprint density at radius 1 is 1.30 bits per heavy atom. The highest BCUT2D eigenvalue weighted by Gasteiger charge is 2.26. The van der Waals surface area contributed by atoms with Crippen LogP contribution in [0.2, 0.25) is 0 Å². The maximum Gasteiger partial charge on any atom is 0.123 e. The second-order valence-electron chi connectivity index (χ2n) is 5.17. The molecule has 1 aliphatic heterocycles. The maximum absolute atomic E-state index is 5.71. The van der Waals surface area contributed by atoms with Gasteiger partial charge in [0.2, 0.25) is 0 Å². The molecule has 4 nitrogen and oxygen atoms in total. The number of hydrogen-bond donors (Lipinski definition) is 1. The van der Waals surface area contributed by atoms with Crippen LogP contribution >= 0.6 is 0 Å². The molecule has 0 saturated carbocycles. The molecule has 1 saturated heterocycles. The van der Waals surface area contributed by atoms with Crippen molar-refractivity contribution in [2.75, 3.05) is 27.4 Å². The van der Waals surface area contributed by atoms with Gasteiger partial charge in [-0.1, -0.05) is 6.92 Å². The fraction of sp³-hybridized carbons (Fsp3) is 0.625. The molecule has 0 aliphatic carbocycles. The van der Waals surface area contributed by atoms with Gasteiger partial charge >= 0.3 is 0 Å². The molecule has 2 rings (SSSR count). The standard InChI is InChI=1S/C16H25NO3/c1-4-15-12(7-8-20-15)10-17-11-13-9-14(18-2)5-6-16(13)19-3/h5-6,9,12,15,17H,4,7-8,10-11H2,1-3H3. The van der Waals surface area contributed by atoms with Crippen molar-refractivity contribution in [2.24, 2.45) is 5.92 Å². The van der Waals surface area contributed by atoms with Gasteiger partial charge in [-0.3, -0.25) is 0 Å². The highest BCUT2D eigenvalue weighted by atomic mass is 16.5. The van der Waals surface area contributed by atoms with Crippen LogP contribution in [0.4, 0.5) is 0 Å². The molecule has 1 N–H and O–H groups in total. The molecule has 0 bridgehead atoms. The van der Waals surface area contributed by atoms with Crippen molar-refractivity contribution >= 4 is 0 Å². The highest BCUT2D eigenvalue weighted by molar-refractivity contribution is 5.40. The van der Waals surface area contributed by atoms with Gasteiger partial charge in [-0.2, -0.15) is 0 Å². The number of hydrogen-bond acceptors (Lipinski definition) is 4. The first-order chi connectivity index (χ1) is 9.78. The molecular formula is C16H25NO3. The Hall–Kier alpha value is -1.26. The number of methoxy groups -OCH3 is 2.